The van der Waals surface area contributed by atoms with Gasteiger partial charge in [0.1, 0.15) is 6.04 Å². The van der Waals surface area contributed by atoms with E-state index in [0.29, 0.717) is 72.9 Å². The van der Waals surface area contributed by atoms with Crippen molar-refractivity contribution in [1.29, 1.82) is 0 Å². The first-order chi connectivity index (χ1) is 36.3. The minimum Gasteiger partial charge on any atom is -0.382 e. The zero-order valence-corrected chi connectivity index (χ0v) is 45.9. The predicted molar refractivity (Wildman–Crippen MR) is 291 cm³/mol. The number of imide groups is 1. The van der Waals surface area contributed by atoms with Crippen molar-refractivity contribution in [3.63, 3.8) is 0 Å². The summed E-state index contributed by atoms with van der Waals surface area (Å²) in [5, 5.41) is 11.7. The van der Waals surface area contributed by atoms with Gasteiger partial charge in [0, 0.05) is 82.5 Å². The number of anilines is 2. The molecule has 0 spiro atoms. The van der Waals surface area contributed by atoms with E-state index in [1.54, 1.807) is 80.3 Å². The van der Waals surface area contributed by atoms with Crippen LogP contribution in [0.4, 0.5) is 11.4 Å². The molecule has 5 atom stereocenters. The van der Waals surface area contributed by atoms with Crippen LogP contribution in [0.2, 0.25) is 10.0 Å². The van der Waals surface area contributed by atoms with Gasteiger partial charge < -0.3 is 40.0 Å². The zero-order valence-electron chi connectivity index (χ0n) is 43.6. The Bertz CT molecular complexity index is 2850. The van der Waals surface area contributed by atoms with E-state index in [2.05, 4.69) is 21.3 Å². The van der Waals surface area contributed by atoms with Crippen LogP contribution in [0.15, 0.2) is 91.0 Å². The van der Waals surface area contributed by atoms with Gasteiger partial charge in [-0.1, -0.05) is 74.3 Å². The van der Waals surface area contributed by atoms with Crippen LogP contribution in [0.3, 0.4) is 0 Å². The van der Waals surface area contributed by atoms with Gasteiger partial charge in [-0.3, -0.25) is 34.1 Å². The number of sulfone groups is 1. The normalized spacial score (nSPS) is 20.2. The van der Waals surface area contributed by atoms with Crippen molar-refractivity contribution in [2.75, 3.05) is 69.1 Å². The van der Waals surface area contributed by atoms with Crippen molar-refractivity contribution in [3.05, 3.63) is 129 Å². The van der Waals surface area contributed by atoms with Crippen molar-refractivity contribution in [1.82, 2.24) is 20.4 Å². The van der Waals surface area contributed by atoms with Crippen molar-refractivity contribution < 1.29 is 51.4 Å². The van der Waals surface area contributed by atoms with Crippen molar-refractivity contribution in [3.8, 4) is 0 Å². The number of halogens is 2. The summed E-state index contributed by atoms with van der Waals surface area (Å²) in [6.07, 6.45) is 0.557. The van der Waals surface area contributed by atoms with E-state index >= 15 is 4.79 Å². The Balaban J connectivity index is 0.842. The molecule has 0 aliphatic carbocycles. The van der Waals surface area contributed by atoms with E-state index in [0.717, 1.165) is 22.4 Å². The zero-order chi connectivity index (χ0) is 54.7. The van der Waals surface area contributed by atoms with Crippen LogP contribution in [-0.4, -0.2) is 129 Å². The largest absolute Gasteiger partial charge is 0.382 e. The number of amides is 6. The molecule has 4 aromatic carbocycles. The summed E-state index contributed by atoms with van der Waals surface area (Å²) in [5.41, 5.74) is 3.29. The summed E-state index contributed by atoms with van der Waals surface area (Å²) >= 11 is 12.9. The Hall–Kier alpha value is -5.89. The fraction of sp³-hybridized carbons (Fsp3) is 0.464. The van der Waals surface area contributed by atoms with Crippen LogP contribution >= 0.6 is 23.2 Å². The number of piperidine rings is 2. The van der Waals surface area contributed by atoms with Gasteiger partial charge in [-0.2, -0.15) is 0 Å². The molecule has 0 saturated carbocycles. The maximum atomic E-state index is 15.2. The molecule has 3 aliphatic heterocycles. The summed E-state index contributed by atoms with van der Waals surface area (Å²) in [6, 6.07) is 24.5. The fourth-order valence-electron chi connectivity index (χ4n) is 10.1. The molecule has 0 bridgehead atoms. The molecule has 3 aliphatic rings. The first-order valence-electron chi connectivity index (χ1n) is 25.7. The van der Waals surface area contributed by atoms with Crippen LogP contribution < -0.4 is 21.3 Å². The third-order valence-electron chi connectivity index (χ3n) is 14.2. The number of benzene rings is 4. The number of fused-ring (bicyclic) bond motifs is 1. The number of likely N-dealkylation sites (tertiary alicyclic amines) is 1. The van der Waals surface area contributed by atoms with Gasteiger partial charge in [0.25, 0.3) is 11.8 Å². The number of hydrogen-bond donors (Lipinski definition) is 4. The van der Waals surface area contributed by atoms with Gasteiger partial charge in [0.2, 0.25) is 23.6 Å². The maximum Gasteiger partial charge on any atom is 0.255 e. The second-order valence-electron chi connectivity index (χ2n) is 20.4. The van der Waals surface area contributed by atoms with Gasteiger partial charge in [0.15, 0.2) is 9.84 Å². The number of rotatable bonds is 25. The molecular formula is C56H68Cl2N6O11S. The highest BCUT2D eigenvalue weighted by Gasteiger charge is 2.53. The second-order valence-corrected chi connectivity index (χ2v) is 23.9. The number of ether oxygens (including phenoxy) is 3. The summed E-state index contributed by atoms with van der Waals surface area (Å²) in [7, 11) is -3.63. The van der Waals surface area contributed by atoms with Crippen molar-refractivity contribution >= 4 is 79.9 Å². The number of hydrogen-bond acceptors (Lipinski definition) is 12. The molecule has 6 amide bonds. The van der Waals surface area contributed by atoms with E-state index in [4.69, 9.17) is 37.4 Å². The molecule has 20 heteroatoms. The smallest absolute Gasteiger partial charge is 0.255 e. The quantitative estimate of drug-likeness (QED) is 0.0373. The summed E-state index contributed by atoms with van der Waals surface area (Å²) in [6.45, 7) is 11.9. The predicted octanol–water partition coefficient (Wildman–Crippen LogP) is 7.59. The molecule has 17 nitrogen and oxygen atoms in total. The van der Waals surface area contributed by atoms with Crippen LogP contribution in [0.5, 0.6) is 0 Å². The Morgan fingerprint density at radius 1 is 0.803 bits per heavy atom. The maximum absolute atomic E-state index is 15.2. The molecule has 3 heterocycles. The number of carbonyl (C=O) groups excluding carboxylic acids is 6. The average Bonchev–Trinajstić information content (AvgIpc) is 3.71. The molecule has 408 valence electrons. The molecule has 7 rings (SSSR count). The Labute approximate surface area is 455 Å². The third kappa shape index (κ3) is 14.4. The molecule has 2 saturated heterocycles. The lowest BCUT2D eigenvalue weighted by molar-refractivity contribution is -0.157. The number of nitrogens with one attached hydrogen (secondary N) is 4. The van der Waals surface area contributed by atoms with E-state index in [-0.39, 0.29) is 80.2 Å². The Kier molecular flexibility index (Phi) is 19.8. The van der Waals surface area contributed by atoms with Gasteiger partial charge >= 0.3 is 0 Å². The van der Waals surface area contributed by atoms with E-state index in [9.17, 15) is 32.4 Å². The summed E-state index contributed by atoms with van der Waals surface area (Å²) in [4.78, 5) is 82.5. The van der Waals surface area contributed by atoms with Gasteiger partial charge in [-0.15, -0.1) is 0 Å². The molecule has 0 aromatic heterocycles. The monoisotopic (exact) mass is 1100 g/mol. The van der Waals surface area contributed by atoms with E-state index in [1.807, 2.05) is 50.2 Å². The second kappa shape index (κ2) is 26.0. The summed E-state index contributed by atoms with van der Waals surface area (Å²) in [5.74, 6) is -2.99. The highest BCUT2D eigenvalue weighted by molar-refractivity contribution is 7.92. The molecule has 0 radical (unpaired) electrons. The van der Waals surface area contributed by atoms with Crippen LogP contribution in [0.1, 0.15) is 110 Å². The number of nitrogens with zero attached hydrogens (tertiary/aromatic N) is 2. The van der Waals surface area contributed by atoms with E-state index < -0.39 is 50.4 Å². The topological polar surface area (TPSA) is 219 Å². The third-order valence-corrected chi connectivity index (χ3v) is 17.0. The average molecular weight is 1100 g/mol. The molecule has 2 fully saturated rings. The molecule has 4 aromatic rings. The first-order valence-corrected chi connectivity index (χ1v) is 28.2. The van der Waals surface area contributed by atoms with Gasteiger partial charge in [-0.05, 0) is 104 Å². The lowest BCUT2D eigenvalue weighted by atomic mass is 9.66. The van der Waals surface area contributed by atoms with Crippen LogP contribution in [0, 0.1) is 11.3 Å². The van der Waals surface area contributed by atoms with E-state index in [1.165, 1.54) is 4.90 Å². The highest BCUT2D eigenvalue weighted by atomic mass is 35.5. The lowest BCUT2D eigenvalue weighted by Gasteiger charge is -2.53. The van der Waals surface area contributed by atoms with Gasteiger partial charge in [-0.25, -0.2) is 8.42 Å². The molecule has 4 N–H and O–H groups in total. The Morgan fingerprint density at radius 2 is 1.46 bits per heavy atom. The van der Waals surface area contributed by atoms with Gasteiger partial charge in [0.05, 0.1) is 62.1 Å². The van der Waals surface area contributed by atoms with Crippen molar-refractivity contribution in [2.45, 2.75) is 96.1 Å². The first kappa shape index (κ1) is 57.8. The minimum atomic E-state index is -3.63. The Morgan fingerprint density at radius 3 is 2.11 bits per heavy atom. The lowest BCUT2D eigenvalue weighted by Crippen LogP contribution is -2.59. The molecule has 76 heavy (non-hydrogen) atoms. The van der Waals surface area contributed by atoms with Crippen LogP contribution in [-0.2, 0) is 49.8 Å². The highest BCUT2D eigenvalue weighted by Crippen LogP contribution is 2.53. The van der Waals surface area contributed by atoms with Crippen LogP contribution in [0.25, 0.3) is 0 Å². The standard InChI is InChI=1S/C56H68Cl2N6O11S/c1-35(2)48(34-76(71,72)36(3)4)64-51(37-12-16-40(57)17-13-37)44(39-8-6-9-41(58)30-39)31-56(5,55(64)70)32-50(66)61-42-18-14-38(15-19-42)52(67)60-23-25-74-27-29-75-28-26-73-24-22-59-46-11-7-10-43-45(46)33-63(54(43)69)47-20-21-49(65)62-53(47)68/h6-19,30,35-36,44,47-48,51,59H,20-29,31-34H2,1-5H3,(H,60,67)(H,61,66)(H,62,65,68)/t44-,47?,48-,51-,56-/m1/s1. The molecule has 1 unspecified atom stereocenters. The number of carbonyl (C=O) groups is 6. The SMILES string of the molecule is CC(C)[C@@H](CS(=O)(=O)C(C)C)N1C(=O)[C@@](C)(CC(=O)Nc2ccc(C(=O)NCCOCCOCCOCCNc3cccc4c3CN(C3CCC(=O)NC3=O)C4=O)cc2)C[C@H](c2cccc(Cl)c2)[C@H]1c1ccc(Cl)cc1. The summed E-state index contributed by atoms with van der Waals surface area (Å²) < 4.78 is 44.2. The van der Waals surface area contributed by atoms with Crippen molar-refractivity contribution in [2.24, 2.45) is 11.3 Å². The molecular weight excluding hydrogens is 1040 g/mol. The fourth-order valence-corrected chi connectivity index (χ4v) is 11.8. The minimum absolute atomic E-state index is 0.194.